The number of nitrogens with one attached hydrogen (secondary N) is 1. The van der Waals surface area contributed by atoms with Crippen molar-refractivity contribution < 1.29 is 28.0 Å². The van der Waals surface area contributed by atoms with Gasteiger partial charge >= 0.3 is 0 Å². The molecule has 0 aliphatic carbocycles. The molecule has 1 amide bonds. The zero-order valence-corrected chi connectivity index (χ0v) is 34.9. The lowest BCUT2D eigenvalue weighted by molar-refractivity contribution is -0.130. The van der Waals surface area contributed by atoms with E-state index in [1.165, 1.54) is 160 Å². The summed E-state index contributed by atoms with van der Waals surface area (Å²) in [4.78, 5) is 12.6. The molecule has 0 bridgehead atoms. The van der Waals surface area contributed by atoms with Crippen molar-refractivity contribution in [3.05, 3.63) is 24.3 Å². The van der Waals surface area contributed by atoms with Crippen molar-refractivity contribution in [2.75, 3.05) is 5.75 Å². The van der Waals surface area contributed by atoms with Crippen LogP contribution in [0.2, 0.25) is 0 Å². The first-order chi connectivity index (χ1) is 25.2. The number of aliphatic hydroxyl groups is 2. The maximum atomic E-state index is 12.6. The largest absolute Gasteiger partial charge is 0.387 e. The van der Waals surface area contributed by atoms with E-state index in [0.29, 0.717) is 6.42 Å². The van der Waals surface area contributed by atoms with Crippen molar-refractivity contribution in [3.8, 4) is 0 Å². The fourth-order valence-electron chi connectivity index (χ4n) is 6.80. The fourth-order valence-corrected chi connectivity index (χ4v) is 7.54. The number of carbonyl (C=O) groups is 1. The number of aliphatic hydroxyl groups excluding tert-OH is 2. The van der Waals surface area contributed by atoms with Crippen LogP contribution in [0.25, 0.3) is 0 Å². The summed E-state index contributed by atoms with van der Waals surface area (Å²) in [5.74, 6) is -1.54. The summed E-state index contributed by atoms with van der Waals surface area (Å²) in [5, 5.41) is 23.4. The zero-order chi connectivity index (χ0) is 38.4. The lowest BCUT2D eigenvalue weighted by Gasteiger charge is -2.22. The van der Waals surface area contributed by atoms with Gasteiger partial charge in [-0.1, -0.05) is 205 Å². The predicted molar refractivity (Wildman–Crippen MR) is 222 cm³/mol. The maximum absolute atomic E-state index is 12.6. The highest BCUT2D eigenvalue weighted by Crippen LogP contribution is 2.15. The van der Waals surface area contributed by atoms with Crippen LogP contribution in [-0.4, -0.2) is 53.1 Å². The van der Waals surface area contributed by atoms with E-state index in [9.17, 15) is 28.0 Å². The summed E-state index contributed by atoms with van der Waals surface area (Å²) in [7, 11) is -4.44. The van der Waals surface area contributed by atoms with Gasteiger partial charge in [-0.3, -0.25) is 9.35 Å². The molecule has 3 atom stereocenters. The Balaban J connectivity index is 3.98. The lowest BCUT2D eigenvalue weighted by Crippen LogP contribution is -2.50. The van der Waals surface area contributed by atoms with Gasteiger partial charge in [-0.25, -0.2) is 0 Å². The number of allylic oxidation sites excluding steroid dienone is 3. The summed E-state index contributed by atoms with van der Waals surface area (Å²) >= 11 is 0. The van der Waals surface area contributed by atoms with Crippen molar-refractivity contribution in [1.29, 1.82) is 0 Å². The van der Waals surface area contributed by atoms with Crippen molar-refractivity contribution in [3.63, 3.8) is 0 Å². The Bertz CT molecular complexity index is 937. The topological polar surface area (TPSA) is 124 Å². The minimum atomic E-state index is -4.44. The van der Waals surface area contributed by atoms with E-state index in [2.05, 4.69) is 31.3 Å². The van der Waals surface area contributed by atoms with Gasteiger partial charge in [0.1, 0.15) is 6.10 Å². The molecule has 7 nitrogen and oxygen atoms in total. The maximum Gasteiger partial charge on any atom is 0.267 e. The van der Waals surface area contributed by atoms with Crippen LogP contribution in [0.4, 0.5) is 0 Å². The van der Waals surface area contributed by atoms with Crippen molar-refractivity contribution in [2.45, 2.75) is 244 Å². The molecule has 0 rings (SSSR count). The van der Waals surface area contributed by atoms with Gasteiger partial charge in [0.25, 0.3) is 10.1 Å². The highest BCUT2D eigenvalue weighted by molar-refractivity contribution is 7.85. The van der Waals surface area contributed by atoms with Crippen molar-refractivity contribution in [1.82, 2.24) is 5.32 Å². The molecule has 0 aromatic carbocycles. The molecule has 308 valence electrons. The van der Waals surface area contributed by atoms with E-state index in [0.717, 1.165) is 44.9 Å². The zero-order valence-electron chi connectivity index (χ0n) is 34.1. The Kier molecular flexibility index (Phi) is 37.2. The molecule has 8 heteroatoms. The number of hydrogen-bond acceptors (Lipinski definition) is 5. The van der Waals surface area contributed by atoms with Crippen molar-refractivity contribution >= 4 is 16.0 Å². The number of amides is 1. The van der Waals surface area contributed by atoms with E-state index < -0.39 is 40.0 Å². The third kappa shape index (κ3) is 37.1. The van der Waals surface area contributed by atoms with Gasteiger partial charge < -0.3 is 15.5 Å². The van der Waals surface area contributed by atoms with Gasteiger partial charge in [0.05, 0.1) is 17.9 Å². The normalized spacial score (nSPS) is 14.0. The van der Waals surface area contributed by atoms with Crippen LogP contribution >= 0.6 is 0 Å². The molecule has 0 fully saturated rings. The summed E-state index contributed by atoms with van der Waals surface area (Å²) < 4.78 is 32.6. The summed E-state index contributed by atoms with van der Waals surface area (Å²) in [6.07, 6.45) is 45.2. The molecule has 0 aromatic rings. The molecule has 0 aromatic heterocycles. The van der Waals surface area contributed by atoms with Gasteiger partial charge in [-0.2, -0.15) is 8.42 Å². The molecule has 0 heterocycles. The third-order valence-corrected chi connectivity index (χ3v) is 11.0. The minimum absolute atomic E-state index is 0.275. The molecule has 52 heavy (non-hydrogen) atoms. The van der Waals surface area contributed by atoms with Gasteiger partial charge in [0.15, 0.2) is 0 Å². The number of rotatable bonds is 40. The Morgan fingerprint density at radius 2 is 0.846 bits per heavy atom. The van der Waals surface area contributed by atoms with E-state index in [1.807, 2.05) is 0 Å². The predicted octanol–water partition coefficient (Wildman–Crippen LogP) is 12.1. The van der Waals surface area contributed by atoms with Crippen LogP contribution in [0, 0.1) is 0 Å². The lowest BCUT2D eigenvalue weighted by atomic mass is 10.0. The quantitative estimate of drug-likeness (QED) is 0.0280. The van der Waals surface area contributed by atoms with Gasteiger partial charge in [0.2, 0.25) is 5.91 Å². The standard InChI is InChI=1S/C44H85NO6S/c1-3-5-7-9-11-13-15-17-19-20-21-22-23-25-27-29-31-33-35-37-39-43(47)44(48)45-41(40-52(49,50)51)42(46)38-36-34-32-30-28-26-24-18-16-14-12-10-8-6-4-2/h22-23,36,38,41-43,46-47H,3-21,24-35,37,39-40H2,1-2H3,(H,45,48)(H,49,50,51)/b23-22-,38-36+. The third-order valence-electron chi connectivity index (χ3n) is 10.2. The Morgan fingerprint density at radius 1 is 0.519 bits per heavy atom. The van der Waals surface area contributed by atoms with Crippen molar-refractivity contribution in [2.24, 2.45) is 0 Å². The molecule has 4 N–H and O–H groups in total. The smallest absolute Gasteiger partial charge is 0.267 e. The second-order valence-electron chi connectivity index (χ2n) is 15.5. The minimum Gasteiger partial charge on any atom is -0.387 e. The summed E-state index contributed by atoms with van der Waals surface area (Å²) in [5.41, 5.74) is 0. The monoisotopic (exact) mass is 756 g/mol. The summed E-state index contributed by atoms with van der Waals surface area (Å²) in [6.45, 7) is 4.52. The fraction of sp³-hybridized carbons (Fsp3) is 0.886. The Morgan fingerprint density at radius 3 is 1.21 bits per heavy atom. The van der Waals surface area contributed by atoms with Gasteiger partial charge in [-0.05, 0) is 44.9 Å². The van der Waals surface area contributed by atoms with E-state index in [-0.39, 0.29) is 6.42 Å². The van der Waals surface area contributed by atoms with Crippen LogP contribution in [-0.2, 0) is 14.9 Å². The van der Waals surface area contributed by atoms with Crippen LogP contribution in [0.1, 0.15) is 226 Å². The molecule has 0 saturated carbocycles. The van der Waals surface area contributed by atoms with E-state index in [4.69, 9.17) is 0 Å². The Labute approximate surface area is 322 Å². The average Bonchev–Trinajstić information content (AvgIpc) is 3.11. The molecule has 0 aliphatic heterocycles. The second-order valence-corrected chi connectivity index (χ2v) is 17.0. The average molecular weight is 756 g/mol. The number of unbranched alkanes of at least 4 members (excludes halogenated alkanes) is 29. The first kappa shape index (κ1) is 50.8. The molecular formula is C44H85NO6S. The molecule has 0 radical (unpaired) electrons. The first-order valence-corrected chi connectivity index (χ1v) is 23.8. The highest BCUT2D eigenvalue weighted by Gasteiger charge is 2.27. The number of hydrogen-bond donors (Lipinski definition) is 4. The highest BCUT2D eigenvalue weighted by atomic mass is 32.2. The van der Waals surface area contributed by atoms with Crippen LogP contribution in [0.5, 0.6) is 0 Å². The summed E-state index contributed by atoms with van der Waals surface area (Å²) in [6, 6.07) is -1.23. The SMILES string of the molecule is CCCCCCCCCCCC/C=C\CCCCCCCCC(O)C(=O)NC(CS(=O)(=O)O)C(O)/C=C/CCCCCCCCCCCCCCC. The molecule has 0 saturated heterocycles. The second kappa shape index (κ2) is 38.1. The Hall–Kier alpha value is -1.22. The molecule has 3 unspecified atom stereocenters. The van der Waals surface area contributed by atoms with E-state index >= 15 is 0 Å². The van der Waals surface area contributed by atoms with Crippen LogP contribution in [0.15, 0.2) is 24.3 Å². The van der Waals surface area contributed by atoms with Gasteiger partial charge in [0, 0.05) is 0 Å². The number of carbonyl (C=O) groups excluding carboxylic acids is 1. The van der Waals surface area contributed by atoms with Crippen LogP contribution in [0.3, 0.4) is 0 Å². The van der Waals surface area contributed by atoms with E-state index in [1.54, 1.807) is 6.08 Å². The molecule has 0 aliphatic rings. The molecule has 0 spiro atoms. The first-order valence-electron chi connectivity index (χ1n) is 22.1. The van der Waals surface area contributed by atoms with Gasteiger partial charge in [-0.15, -0.1) is 0 Å². The van der Waals surface area contributed by atoms with Crippen LogP contribution < -0.4 is 5.32 Å². The molecular weight excluding hydrogens is 671 g/mol.